The normalized spacial score (nSPS) is 16.6. The molecule has 1 atom stereocenters. The predicted octanol–water partition coefficient (Wildman–Crippen LogP) is 2.93. The van der Waals surface area contributed by atoms with Crippen molar-refractivity contribution in [2.75, 3.05) is 17.6 Å². The third-order valence-corrected chi connectivity index (χ3v) is 3.77. The minimum atomic E-state index is 0.281. The van der Waals surface area contributed by atoms with Crippen molar-refractivity contribution in [2.24, 2.45) is 0 Å². The van der Waals surface area contributed by atoms with E-state index < -0.39 is 0 Å². The van der Waals surface area contributed by atoms with E-state index in [-0.39, 0.29) is 5.92 Å². The molecule has 3 rings (SSSR count). The molecule has 1 aliphatic carbocycles. The van der Waals surface area contributed by atoms with Crippen molar-refractivity contribution < 1.29 is 0 Å². The van der Waals surface area contributed by atoms with Gasteiger partial charge in [0.15, 0.2) is 0 Å². The first-order chi connectivity index (χ1) is 9.63. The van der Waals surface area contributed by atoms with Crippen molar-refractivity contribution in [1.82, 2.24) is 9.97 Å². The Morgan fingerprint density at radius 2 is 2.10 bits per heavy atom. The Morgan fingerprint density at radius 3 is 2.85 bits per heavy atom. The lowest BCUT2D eigenvalue weighted by Gasteiger charge is -2.30. The second-order valence-corrected chi connectivity index (χ2v) is 5.67. The first kappa shape index (κ1) is 12.9. The van der Waals surface area contributed by atoms with Crippen LogP contribution in [0.25, 0.3) is 0 Å². The minimum absolute atomic E-state index is 0.281. The van der Waals surface area contributed by atoms with Gasteiger partial charge in [-0.25, -0.2) is 9.97 Å². The largest absolute Gasteiger partial charge is 0.384 e. The third kappa shape index (κ3) is 2.46. The Bertz CT molecular complexity index is 622. The Balaban J connectivity index is 1.68. The first-order valence-electron chi connectivity index (χ1n) is 7.09. The minimum Gasteiger partial charge on any atom is -0.384 e. The lowest BCUT2D eigenvalue weighted by Crippen LogP contribution is -2.24. The standard InChI is InChI=1S/C16H20N4/c1-10(2)16-19-14(17)8-15(20-16)18-9-12-7-11-5-3-4-6-13(11)12/h3-6,8,10,12H,7,9H2,1-2H3,(H3,17,18,19,20). The van der Waals surface area contributed by atoms with Crippen LogP contribution < -0.4 is 11.1 Å². The molecule has 1 aromatic carbocycles. The van der Waals surface area contributed by atoms with Crippen LogP contribution in [0.1, 0.15) is 42.6 Å². The zero-order valence-electron chi connectivity index (χ0n) is 11.9. The van der Waals surface area contributed by atoms with Crippen LogP contribution >= 0.6 is 0 Å². The van der Waals surface area contributed by atoms with Gasteiger partial charge in [-0.05, 0) is 17.5 Å². The molecule has 104 valence electrons. The number of rotatable bonds is 4. The number of nitrogen functional groups attached to an aromatic ring is 1. The third-order valence-electron chi connectivity index (χ3n) is 3.77. The van der Waals surface area contributed by atoms with E-state index >= 15 is 0 Å². The summed E-state index contributed by atoms with van der Waals surface area (Å²) in [6.45, 7) is 5.03. The van der Waals surface area contributed by atoms with E-state index in [9.17, 15) is 0 Å². The number of nitrogens with two attached hydrogens (primary N) is 1. The van der Waals surface area contributed by atoms with Crippen LogP contribution in [0, 0.1) is 0 Å². The van der Waals surface area contributed by atoms with E-state index in [1.165, 1.54) is 11.1 Å². The zero-order chi connectivity index (χ0) is 14.1. The van der Waals surface area contributed by atoms with Crippen molar-refractivity contribution in [3.8, 4) is 0 Å². The topological polar surface area (TPSA) is 63.8 Å². The van der Waals surface area contributed by atoms with Gasteiger partial charge in [0, 0.05) is 24.4 Å². The van der Waals surface area contributed by atoms with Gasteiger partial charge in [-0.1, -0.05) is 38.1 Å². The highest BCUT2D eigenvalue weighted by molar-refractivity contribution is 5.47. The Kier molecular flexibility index (Phi) is 3.30. The van der Waals surface area contributed by atoms with E-state index in [0.29, 0.717) is 11.7 Å². The van der Waals surface area contributed by atoms with E-state index in [1.807, 2.05) is 0 Å². The van der Waals surface area contributed by atoms with Crippen molar-refractivity contribution in [3.63, 3.8) is 0 Å². The second kappa shape index (κ2) is 5.12. The number of benzene rings is 1. The summed E-state index contributed by atoms with van der Waals surface area (Å²) in [4.78, 5) is 8.77. The summed E-state index contributed by atoms with van der Waals surface area (Å²) < 4.78 is 0. The number of nitrogens with zero attached hydrogens (tertiary/aromatic N) is 2. The highest BCUT2D eigenvalue weighted by Gasteiger charge is 2.25. The number of nitrogens with one attached hydrogen (secondary N) is 1. The maximum atomic E-state index is 5.84. The lowest BCUT2D eigenvalue weighted by molar-refractivity contribution is 0.634. The number of hydrogen-bond acceptors (Lipinski definition) is 4. The SMILES string of the molecule is CC(C)c1nc(N)cc(NCC2Cc3ccccc32)n1. The van der Waals surface area contributed by atoms with Crippen molar-refractivity contribution in [1.29, 1.82) is 0 Å². The average molecular weight is 268 g/mol. The van der Waals surface area contributed by atoms with Crippen LogP contribution in [0.5, 0.6) is 0 Å². The molecule has 0 saturated heterocycles. The summed E-state index contributed by atoms with van der Waals surface area (Å²) in [5, 5.41) is 3.39. The molecule has 3 N–H and O–H groups in total. The Labute approximate surface area is 119 Å². The Morgan fingerprint density at radius 1 is 1.30 bits per heavy atom. The van der Waals surface area contributed by atoms with E-state index in [2.05, 4.69) is 53.4 Å². The molecule has 0 fully saturated rings. The number of aromatic nitrogens is 2. The number of hydrogen-bond donors (Lipinski definition) is 2. The van der Waals surface area contributed by atoms with E-state index in [4.69, 9.17) is 5.73 Å². The summed E-state index contributed by atoms with van der Waals surface area (Å²) >= 11 is 0. The fourth-order valence-electron chi connectivity index (χ4n) is 2.61. The van der Waals surface area contributed by atoms with Crippen LogP contribution in [-0.2, 0) is 6.42 Å². The molecular weight excluding hydrogens is 248 g/mol. The molecule has 1 heterocycles. The number of fused-ring (bicyclic) bond motifs is 1. The Hall–Kier alpha value is -2.10. The van der Waals surface area contributed by atoms with E-state index in [1.54, 1.807) is 6.07 Å². The van der Waals surface area contributed by atoms with Gasteiger partial charge in [-0.2, -0.15) is 0 Å². The lowest BCUT2D eigenvalue weighted by atomic mass is 9.77. The molecule has 4 heteroatoms. The monoisotopic (exact) mass is 268 g/mol. The molecule has 1 unspecified atom stereocenters. The molecule has 0 amide bonds. The molecule has 0 aliphatic heterocycles. The van der Waals surface area contributed by atoms with Gasteiger partial charge < -0.3 is 11.1 Å². The van der Waals surface area contributed by atoms with Crippen LogP contribution in [0.3, 0.4) is 0 Å². The van der Waals surface area contributed by atoms with Gasteiger partial charge in [0.2, 0.25) is 0 Å². The van der Waals surface area contributed by atoms with Crippen LogP contribution in [0.4, 0.5) is 11.6 Å². The smallest absolute Gasteiger partial charge is 0.135 e. The second-order valence-electron chi connectivity index (χ2n) is 5.67. The van der Waals surface area contributed by atoms with Gasteiger partial charge in [0.05, 0.1) is 0 Å². The summed E-state index contributed by atoms with van der Waals surface area (Å²) in [6, 6.07) is 10.4. The summed E-state index contributed by atoms with van der Waals surface area (Å²) in [5.74, 6) is 3.00. The summed E-state index contributed by atoms with van der Waals surface area (Å²) in [7, 11) is 0. The average Bonchev–Trinajstić information content (AvgIpc) is 2.39. The molecule has 1 aliphatic rings. The molecule has 1 aromatic heterocycles. The molecule has 0 spiro atoms. The fourth-order valence-corrected chi connectivity index (χ4v) is 2.61. The van der Waals surface area contributed by atoms with Gasteiger partial charge in [0.1, 0.15) is 17.5 Å². The molecule has 0 radical (unpaired) electrons. The van der Waals surface area contributed by atoms with Gasteiger partial charge in [-0.3, -0.25) is 0 Å². The fraction of sp³-hybridized carbons (Fsp3) is 0.375. The van der Waals surface area contributed by atoms with E-state index in [0.717, 1.165) is 24.6 Å². The molecule has 0 saturated carbocycles. The quantitative estimate of drug-likeness (QED) is 0.895. The van der Waals surface area contributed by atoms with Gasteiger partial charge in [0.25, 0.3) is 0 Å². The maximum Gasteiger partial charge on any atom is 0.135 e. The predicted molar refractivity (Wildman–Crippen MR) is 81.9 cm³/mol. The first-order valence-corrected chi connectivity index (χ1v) is 7.09. The van der Waals surface area contributed by atoms with Crippen molar-refractivity contribution >= 4 is 11.6 Å². The molecule has 0 bridgehead atoms. The van der Waals surface area contributed by atoms with Crippen molar-refractivity contribution in [2.45, 2.75) is 32.1 Å². The summed E-state index contributed by atoms with van der Waals surface area (Å²) in [5.41, 5.74) is 8.75. The highest BCUT2D eigenvalue weighted by atomic mass is 15.1. The zero-order valence-corrected chi connectivity index (χ0v) is 11.9. The van der Waals surface area contributed by atoms with Crippen LogP contribution in [0.15, 0.2) is 30.3 Å². The summed E-state index contributed by atoms with van der Waals surface area (Å²) in [6.07, 6.45) is 1.14. The highest BCUT2D eigenvalue weighted by Crippen LogP contribution is 2.34. The molecule has 20 heavy (non-hydrogen) atoms. The van der Waals surface area contributed by atoms with Crippen molar-refractivity contribution in [3.05, 3.63) is 47.3 Å². The van der Waals surface area contributed by atoms with Gasteiger partial charge in [-0.15, -0.1) is 0 Å². The maximum absolute atomic E-state index is 5.84. The molecule has 2 aromatic rings. The van der Waals surface area contributed by atoms with Crippen LogP contribution in [-0.4, -0.2) is 16.5 Å². The van der Waals surface area contributed by atoms with Crippen LogP contribution in [0.2, 0.25) is 0 Å². The molecular formula is C16H20N4. The number of anilines is 2. The van der Waals surface area contributed by atoms with Gasteiger partial charge >= 0.3 is 0 Å². The molecule has 4 nitrogen and oxygen atoms in total.